The van der Waals surface area contributed by atoms with Crippen LogP contribution in [0, 0.1) is 0 Å². The first kappa shape index (κ1) is 23.1. The van der Waals surface area contributed by atoms with Gasteiger partial charge in [0, 0.05) is 23.7 Å². The number of para-hydroxylation sites is 1. The van der Waals surface area contributed by atoms with Crippen molar-refractivity contribution in [1.29, 1.82) is 0 Å². The highest BCUT2D eigenvalue weighted by atomic mass is 35.5. The lowest BCUT2D eigenvalue weighted by Gasteiger charge is -2.27. The van der Waals surface area contributed by atoms with Gasteiger partial charge in [0.25, 0.3) is 11.1 Å². The Kier molecular flexibility index (Phi) is 7.15. The van der Waals surface area contributed by atoms with Crippen LogP contribution in [0.1, 0.15) is 35.2 Å². The number of halogens is 1. The highest BCUT2D eigenvalue weighted by Gasteiger charge is 2.37. The van der Waals surface area contributed by atoms with Crippen LogP contribution in [0.4, 0.5) is 4.79 Å². The summed E-state index contributed by atoms with van der Waals surface area (Å²) in [7, 11) is 0. The van der Waals surface area contributed by atoms with Crippen molar-refractivity contribution in [3.05, 3.63) is 69.6 Å². The first-order valence-electron chi connectivity index (χ1n) is 10.5. The molecular formula is C24H21ClN2O5S. The molecule has 0 aromatic heterocycles. The fourth-order valence-corrected chi connectivity index (χ4v) is 4.55. The number of amides is 3. The highest BCUT2D eigenvalue weighted by Crippen LogP contribution is 2.34. The second kappa shape index (κ2) is 10.2. The van der Waals surface area contributed by atoms with Gasteiger partial charge >= 0.3 is 5.97 Å². The van der Waals surface area contributed by atoms with Crippen LogP contribution in [0.3, 0.4) is 0 Å². The topological polar surface area (TPSA) is 84.0 Å². The summed E-state index contributed by atoms with van der Waals surface area (Å²) in [4.78, 5) is 53.1. The van der Waals surface area contributed by atoms with E-state index in [9.17, 15) is 19.2 Å². The van der Waals surface area contributed by atoms with Crippen molar-refractivity contribution < 1.29 is 23.9 Å². The zero-order valence-electron chi connectivity index (χ0n) is 17.7. The summed E-state index contributed by atoms with van der Waals surface area (Å²) in [5.41, 5.74) is 0.790. The number of carbonyl (C=O) groups is 4. The van der Waals surface area contributed by atoms with E-state index in [-0.39, 0.29) is 23.1 Å². The number of esters is 1. The fraction of sp³-hybridized carbons (Fsp3) is 0.250. The molecular weight excluding hydrogens is 464 g/mol. The van der Waals surface area contributed by atoms with Crippen LogP contribution in [0.15, 0.2) is 53.4 Å². The zero-order chi connectivity index (χ0) is 23.4. The highest BCUT2D eigenvalue weighted by molar-refractivity contribution is 8.18. The summed E-state index contributed by atoms with van der Waals surface area (Å²) in [6, 6.07) is 13.0. The van der Waals surface area contributed by atoms with Crippen LogP contribution in [0.25, 0.3) is 6.08 Å². The smallest absolute Gasteiger partial charge is 0.343 e. The molecule has 0 unspecified atom stereocenters. The van der Waals surface area contributed by atoms with Crippen LogP contribution >= 0.6 is 23.4 Å². The molecule has 0 N–H and O–H groups in total. The number of rotatable bonds is 5. The number of ether oxygens (including phenoxy) is 1. The molecule has 2 heterocycles. The van der Waals surface area contributed by atoms with Gasteiger partial charge in [0.1, 0.15) is 12.3 Å². The molecule has 33 heavy (non-hydrogen) atoms. The Morgan fingerprint density at radius 1 is 1.00 bits per heavy atom. The first-order valence-corrected chi connectivity index (χ1v) is 11.7. The van der Waals surface area contributed by atoms with E-state index in [2.05, 4.69) is 0 Å². The van der Waals surface area contributed by atoms with Gasteiger partial charge in [-0.2, -0.15) is 0 Å². The van der Waals surface area contributed by atoms with Crippen molar-refractivity contribution in [3.63, 3.8) is 0 Å². The zero-order valence-corrected chi connectivity index (χ0v) is 19.2. The SMILES string of the molecule is O=C(Oc1ccccc1/C=C1\SC(=O)N(CC(=O)N2CCCCC2)C1=O)c1ccc(Cl)cc1. The molecule has 2 saturated heterocycles. The maximum absolute atomic E-state index is 12.9. The Morgan fingerprint density at radius 3 is 2.42 bits per heavy atom. The number of thioether (sulfide) groups is 1. The van der Waals surface area contributed by atoms with E-state index in [0.29, 0.717) is 29.2 Å². The minimum absolute atomic E-state index is 0.168. The number of likely N-dealkylation sites (tertiary alicyclic amines) is 1. The summed E-state index contributed by atoms with van der Waals surface area (Å²) >= 11 is 6.62. The van der Waals surface area contributed by atoms with Gasteiger partial charge in [-0.1, -0.05) is 29.8 Å². The lowest BCUT2D eigenvalue weighted by atomic mass is 10.1. The summed E-state index contributed by atoms with van der Waals surface area (Å²) in [5.74, 6) is -1.09. The lowest BCUT2D eigenvalue weighted by Crippen LogP contribution is -2.44. The van der Waals surface area contributed by atoms with Crippen molar-refractivity contribution in [2.45, 2.75) is 19.3 Å². The van der Waals surface area contributed by atoms with Crippen LogP contribution in [-0.4, -0.2) is 52.5 Å². The van der Waals surface area contributed by atoms with Gasteiger partial charge in [-0.3, -0.25) is 19.3 Å². The summed E-state index contributed by atoms with van der Waals surface area (Å²) < 4.78 is 5.51. The van der Waals surface area contributed by atoms with E-state index in [1.807, 2.05) is 0 Å². The number of piperidine rings is 1. The minimum atomic E-state index is -0.576. The summed E-state index contributed by atoms with van der Waals surface area (Å²) in [6.45, 7) is 1.03. The predicted octanol–water partition coefficient (Wildman–Crippen LogP) is 4.61. The van der Waals surface area contributed by atoms with E-state index in [1.165, 1.54) is 6.08 Å². The molecule has 0 atom stereocenters. The molecule has 0 bridgehead atoms. The lowest BCUT2D eigenvalue weighted by molar-refractivity contribution is -0.136. The third-order valence-corrected chi connectivity index (χ3v) is 6.52. The monoisotopic (exact) mass is 484 g/mol. The van der Waals surface area contributed by atoms with Gasteiger partial charge in [-0.25, -0.2) is 4.79 Å². The molecule has 2 fully saturated rings. The molecule has 2 aliphatic rings. The second-order valence-electron chi connectivity index (χ2n) is 7.64. The Hall–Kier alpha value is -3.10. The third kappa shape index (κ3) is 5.46. The molecule has 0 radical (unpaired) electrons. The van der Waals surface area contributed by atoms with Crippen LogP contribution in [0.2, 0.25) is 5.02 Å². The van der Waals surface area contributed by atoms with E-state index in [1.54, 1.807) is 53.4 Å². The summed E-state index contributed by atoms with van der Waals surface area (Å²) in [6.07, 6.45) is 4.44. The second-order valence-corrected chi connectivity index (χ2v) is 9.07. The number of hydrogen-bond donors (Lipinski definition) is 0. The maximum Gasteiger partial charge on any atom is 0.343 e. The Labute approximate surface area is 200 Å². The van der Waals surface area contributed by atoms with E-state index in [4.69, 9.17) is 16.3 Å². The van der Waals surface area contributed by atoms with Crippen molar-refractivity contribution in [1.82, 2.24) is 9.80 Å². The van der Waals surface area contributed by atoms with Crippen LogP contribution in [-0.2, 0) is 9.59 Å². The molecule has 2 aromatic rings. The van der Waals surface area contributed by atoms with Crippen LogP contribution < -0.4 is 4.74 Å². The normalized spacial score (nSPS) is 17.5. The molecule has 170 valence electrons. The average molecular weight is 485 g/mol. The third-order valence-electron chi connectivity index (χ3n) is 5.36. The number of imide groups is 1. The van der Waals surface area contributed by atoms with Crippen molar-refractivity contribution in [3.8, 4) is 5.75 Å². The number of carbonyl (C=O) groups excluding carboxylic acids is 4. The molecule has 0 saturated carbocycles. The molecule has 7 nitrogen and oxygen atoms in total. The van der Waals surface area contributed by atoms with Crippen molar-refractivity contribution in [2.75, 3.05) is 19.6 Å². The van der Waals surface area contributed by atoms with Crippen LogP contribution in [0.5, 0.6) is 5.75 Å². The number of hydrogen-bond acceptors (Lipinski definition) is 6. The quantitative estimate of drug-likeness (QED) is 0.350. The Bertz CT molecular complexity index is 1130. The number of nitrogens with zero attached hydrogens (tertiary/aromatic N) is 2. The van der Waals surface area contributed by atoms with Gasteiger partial charge in [0.2, 0.25) is 5.91 Å². The molecule has 2 aromatic carbocycles. The average Bonchev–Trinajstić information content (AvgIpc) is 3.08. The molecule has 3 amide bonds. The summed E-state index contributed by atoms with van der Waals surface area (Å²) in [5, 5.41) is 0.00805. The molecule has 2 aliphatic heterocycles. The Balaban J connectivity index is 1.49. The van der Waals surface area contributed by atoms with Gasteiger partial charge in [0.15, 0.2) is 0 Å². The van der Waals surface area contributed by atoms with E-state index >= 15 is 0 Å². The van der Waals surface area contributed by atoms with Crippen molar-refractivity contribution in [2.24, 2.45) is 0 Å². The fourth-order valence-electron chi connectivity index (χ4n) is 3.59. The first-order chi connectivity index (χ1) is 15.9. The largest absolute Gasteiger partial charge is 0.422 e. The van der Waals surface area contributed by atoms with Gasteiger partial charge in [-0.05, 0) is 67.4 Å². The van der Waals surface area contributed by atoms with E-state index < -0.39 is 17.1 Å². The van der Waals surface area contributed by atoms with Gasteiger partial charge < -0.3 is 9.64 Å². The molecule has 0 aliphatic carbocycles. The molecule has 4 rings (SSSR count). The minimum Gasteiger partial charge on any atom is -0.422 e. The maximum atomic E-state index is 12.9. The standard InChI is InChI=1S/C24H21ClN2O5S/c25-18-10-8-16(9-11-18)23(30)32-19-7-3-2-6-17(19)14-20-22(29)27(24(31)33-20)15-21(28)26-12-4-1-5-13-26/h2-3,6-11,14H,1,4-5,12-13,15H2/b20-14-. The predicted molar refractivity (Wildman–Crippen MR) is 126 cm³/mol. The Morgan fingerprint density at radius 2 is 1.70 bits per heavy atom. The van der Waals surface area contributed by atoms with Gasteiger partial charge in [-0.15, -0.1) is 0 Å². The molecule has 9 heteroatoms. The van der Waals surface area contributed by atoms with E-state index in [0.717, 1.165) is 35.9 Å². The van der Waals surface area contributed by atoms with Crippen molar-refractivity contribution >= 4 is 52.5 Å². The number of benzene rings is 2. The molecule has 0 spiro atoms. The van der Waals surface area contributed by atoms with Gasteiger partial charge in [0.05, 0.1) is 10.5 Å².